The lowest BCUT2D eigenvalue weighted by atomic mass is 10.0. The summed E-state index contributed by atoms with van der Waals surface area (Å²) >= 11 is 0. The molecule has 3 rings (SSSR count). The number of hydrogen-bond acceptors (Lipinski definition) is 4. The third kappa shape index (κ3) is 3.81. The van der Waals surface area contributed by atoms with Crippen molar-refractivity contribution in [1.29, 1.82) is 0 Å². The lowest BCUT2D eigenvalue weighted by molar-refractivity contribution is -0.384. The Morgan fingerprint density at radius 1 is 1.09 bits per heavy atom. The summed E-state index contributed by atoms with van der Waals surface area (Å²) in [6, 6.07) is 6.64. The van der Waals surface area contributed by atoms with E-state index in [0.717, 1.165) is 31.9 Å². The van der Waals surface area contributed by atoms with Gasteiger partial charge in [0.25, 0.3) is 5.69 Å². The zero-order chi connectivity index (χ0) is 16.2. The van der Waals surface area contributed by atoms with Gasteiger partial charge >= 0.3 is 0 Å². The molecule has 2 fully saturated rings. The molecule has 0 N–H and O–H groups in total. The van der Waals surface area contributed by atoms with E-state index in [2.05, 4.69) is 4.90 Å². The number of nitro groups is 1. The van der Waals surface area contributed by atoms with Gasteiger partial charge in [-0.25, -0.2) is 0 Å². The number of carbonyl (C=O) groups is 1. The maximum Gasteiger partial charge on any atom is 0.269 e. The average Bonchev–Trinajstić information content (AvgIpc) is 3.08. The van der Waals surface area contributed by atoms with Crippen LogP contribution in [0.2, 0.25) is 0 Å². The molecular formula is C17H23N3O3. The van der Waals surface area contributed by atoms with Crippen LogP contribution in [-0.2, 0) is 4.79 Å². The quantitative estimate of drug-likeness (QED) is 0.632. The molecule has 1 aliphatic heterocycles. The molecule has 23 heavy (non-hydrogen) atoms. The molecule has 2 aliphatic rings. The summed E-state index contributed by atoms with van der Waals surface area (Å²) in [5.41, 5.74) is 1.10. The summed E-state index contributed by atoms with van der Waals surface area (Å²) in [6.45, 7) is 3.05. The molecule has 0 spiro atoms. The van der Waals surface area contributed by atoms with Crippen LogP contribution in [0.25, 0.3) is 0 Å². The second-order valence-corrected chi connectivity index (χ2v) is 6.50. The zero-order valence-corrected chi connectivity index (χ0v) is 13.3. The number of non-ortho nitro benzene ring substituents is 1. The van der Waals surface area contributed by atoms with Gasteiger partial charge in [-0.2, -0.15) is 0 Å². The van der Waals surface area contributed by atoms with Gasteiger partial charge in [0.15, 0.2) is 0 Å². The average molecular weight is 317 g/mol. The van der Waals surface area contributed by atoms with Crippen LogP contribution in [0.3, 0.4) is 0 Å². The number of nitro benzene ring substituents is 1. The summed E-state index contributed by atoms with van der Waals surface area (Å²) in [6.07, 6.45) is 5.65. The van der Waals surface area contributed by atoms with Crippen molar-refractivity contribution in [3.05, 3.63) is 34.4 Å². The van der Waals surface area contributed by atoms with Gasteiger partial charge in [0.1, 0.15) is 0 Å². The number of amides is 1. The van der Waals surface area contributed by atoms with E-state index >= 15 is 0 Å². The summed E-state index contributed by atoms with van der Waals surface area (Å²) < 4.78 is 0. The fourth-order valence-electron chi connectivity index (χ4n) is 3.59. The Kier molecular flexibility index (Phi) is 4.79. The fourth-order valence-corrected chi connectivity index (χ4v) is 3.59. The van der Waals surface area contributed by atoms with Crippen molar-refractivity contribution in [3.63, 3.8) is 0 Å². The highest BCUT2D eigenvalue weighted by atomic mass is 16.6. The highest BCUT2D eigenvalue weighted by Crippen LogP contribution is 2.28. The van der Waals surface area contributed by atoms with E-state index in [1.54, 1.807) is 12.1 Å². The molecule has 1 saturated heterocycles. The summed E-state index contributed by atoms with van der Waals surface area (Å²) in [7, 11) is 0. The summed E-state index contributed by atoms with van der Waals surface area (Å²) in [5, 5.41) is 10.7. The first-order valence-corrected chi connectivity index (χ1v) is 8.40. The Labute approximate surface area is 136 Å². The first-order valence-electron chi connectivity index (χ1n) is 8.40. The molecule has 0 radical (unpaired) electrons. The molecule has 1 aromatic rings. The maximum absolute atomic E-state index is 12.3. The number of hydrogen-bond donors (Lipinski definition) is 0. The number of rotatable bonds is 4. The minimum absolute atomic E-state index is 0.110. The number of anilines is 1. The van der Waals surface area contributed by atoms with Crippen molar-refractivity contribution >= 4 is 17.3 Å². The van der Waals surface area contributed by atoms with E-state index in [-0.39, 0.29) is 10.6 Å². The molecule has 1 aliphatic carbocycles. The second kappa shape index (κ2) is 6.98. The third-order valence-electron chi connectivity index (χ3n) is 5.00. The Morgan fingerprint density at radius 3 is 2.26 bits per heavy atom. The lowest BCUT2D eigenvalue weighted by Crippen LogP contribution is -2.49. The number of benzene rings is 1. The normalized spacial score (nSPS) is 19.1. The minimum atomic E-state index is -0.386. The van der Waals surface area contributed by atoms with Crippen molar-refractivity contribution in [2.75, 3.05) is 31.1 Å². The van der Waals surface area contributed by atoms with E-state index in [0.29, 0.717) is 18.2 Å². The number of piperazine rings is 1. The fraction of sp³-hybridized carbons (Fsp3) is 0.588. The van der Waals surface area contributed by atoms with Crippen molar-refractivity contribution in [3.8, 4) is 0 Å². The standard InChI is InChI=1S/C17H23N3O3/c21-17(13-14-3-1-2-4-14)19-11-9-18(10-12-19)15-5-7-16(8-6-15)20(22)23/h5-8,14H,1-4,9-13H2. The third-order valence-corrected chi connectivity index (χ3v) is 5.00. The molecule has 1 heterocycles. The lowest BCUT2D eigenvalue weighted by Gasteiger charge is -2.36. The molecule has 0 unspecified atom stereocenters. The Balaban J connectivity index is 1.51. The molecule has 0 aromatic heterocycles. The Morgan fingerprint density at radius 2 is 1.70 bits per heavy atom. The van der Waals surface area contributed by atoms with Gasteiger partial charge in [0.05, 0.1) is 4.92 Å². The van der Waals surface area contributed by atoms with E-state index < -0.39 is 0 Å². The number of nitrogens with zero attached hydrogens (tertiary/aromatic N) is 3. The zero-order valence-electron chi connectivity index (χ0n) is 13.3. The van der Waals surface area contributed by atoms with Crippen molar-refractivity contribution in [2.45, 2.75) is 32.1 Å². The summed E-state index contributed by atoms with van der Waals surface area (Å²) in [5.74, 6) is 0.885. The Hall–Kier alpha value is -2.11. The SMILES string of the molecule is O=C(CC1CCCC1)N1CCN(c2ccc([N+](=O)[O-])cc2)CC1. The molecule has 1 saturated carbocycles. The maximum atomic E-state index is 12.3. The van der Waals surface area contributed by atoms with Gasteiger partial charge in [-0.15, -0.1) is 0 Å². The van der Waals surface area contributed by atoms with Gasteiger partial charge in [-0.1, -0.05) is 12.8 Å². The molecule has 6 nitrogen and oxygen atoms in total. The van der Waals surface area contributed by atoms with E-state index in [1.807, 2.05) is 4.90 Å². The van der Waals surface area contributed by atoms with Gasteiger partial charge in [0, 0.05) is 50.4 Å². The van der Waals surface area contributed by atoms with E-state index in [1.165, 1.54) is 37.8 Å². The van der Waals surface area contributed by atoms with Crippen LogP contribution in [-0.4, -0.2) is 41.9 Å². The van der Waals surface area contributed by atoms with Gasteiger partial charge < -0.3 is 9.80 Å². The predicted molar refractivity (Wildman–Crippen MR) is 88.5 cm³/mol. The predicted octanol–water partition coefficient (Wildman–Crippen LogP) is 2.82. The van der Waals surface area contributed by atoms with Crippen LogP contribution in [0.5, 0.6) is 0 Å². The van der Waals surface area contributed by atoms with Crippen LogP contribution in [0.4, 0.5) is 11.4 Å². The largest absolute Gasteiger partial charge is 0.368 e. The molecule has 0 atom stereocenters. The van der Waals surface area contributed by atoms with Crippen molar-refractivity contribution in [2.24, 2.45) is 5.92 Å². The summed E-state index contributed by atoms with van der Waals surface area (Å²) in [4.78, 5) is 26.8. The first kappa shape index (κ1) is 15.8. The number of carbonyl (C=O) groups excluding carboxylic acids is 1. The van der Waals surface area contributed by atoms with Crippen molar-refractivity contribution in [1.82, 2.24) is 4.90 Å². The second-order valence-electron chi connectivity index (χ2n) is 6.50. The van der Waals surface area contributed by atoms with Gasteiger partial charge in [-0.3, -0.25) is 14.9 Å². The Bertz CT molecular complexity index is 559. The van der Waals surface area contributed by atoms with Crippen LogP contribution in [0, 0.1) is 16.0 Å². The van der Waals surface area contributed by atoms with Crippen molar-refractivity contribution < 1.29 is 9.72 Å². The van der Waals surface area contributed by atoms with E-state index in [4.69, 9.17) is 0 Å². The van der Waals surface area contributed by atoms with Crippen LogP contribution in [0.1, 0.15) is 32.1 Å². The first-order chi connectivity index (χ1) is 11.1. The highest BCUT2D eigenvalue weighted by molar-refractivity contribution is 5.76. The van der Waals surface area contributed by atoms with E-state index in [9.17, 15) is 14.9 Å². The molecule has 6 heteroatoms. The minimum Gasteiger partial charge on any atom is -0.368 e. The van der Waals surface area contributed by atoms with Crippen LogP contribution >= 0.6 is 0 Å². The van der Waals surface area contributed by atoms with Crippen LogP contribution < -0.4 is 4.90 Å². The topological polar surface area (TPSA) is 66.7 Å². The van der Waals surface area contributed by atoms with Gasteiger partial charge in [0.2, 0.25) is 5.91 Å². The molecule has 0 bridgehead atoms. The smallest absolute Gasteiger partial charge is 0.269 e. The molecule has 1 amide bonds. The molecule has 124 valence electrons. The monoisotopic (exact) mass is 317 g/mol. The van der Waals surface area contributed by atoms with Crippen LogP contribution in [0.15, 0.2) is 24.3 Å². The van der Waals surface area contributed by atoms with Gasteiger partial charge in [-0.05, 0) is 30.9 Å². The highest BCUT2D eigenvalue weighted by Gasteiger charge is 2.25. The molecular weight excluding hydrogens is 294 g/mol. The molecule has 1 aromatic carbocycles.